The summed E-state index contributed by atoms with van der Waals surface area (Å²) in [5.74, 6) is 0. The van der Waals surface area contributed by atoms with Crippen molar-refractivity contribution in [2.45, 2.75) is 46.7 Å². The summed E-state index contributed by atoms with van der Waals surface area (Å²) in [6, 6.07) is 13.7. The van der Waals surface area contributed by atoms with E-state index in [2.05, 4.69) is 81.7 Å². The Balaban J connectivity index is 2.24. The first-order valence-electron chi connectivity index (χ1n) is 7.24. The molecule has 2 aromatic rings. The maximum Gasteiger partial charge on any atom is 0.0394 e. The molecular weight excluding hydrogens is 262 g/mol. The van der Waals surface area contributed by atoms with Crippen molar-refractivity contribution in [3.63, 3.8) is 0 Å². The molecule has 1 nitrogen and oxygen atoms in total. The first-order chi connectivity index (χ1) is 9.39. The van der Waals surface area contributed by atoms with Gasteiger partial charge in [0.1, 0.15) is 0 Å². The number of aryl methyl sites for hydroxylation is 1. The molecule has 0 saturated heterocycles. The summed E-state index contributed by atoms with van der Waals surface area (Å²) in [6.07, 6.45) is 0. The van der Waals surface area contributed by atoms with Gasteiger partial charge in [0.05, 0.1) is 0 Å². The van der Waals surface area contributed by atoms with E-state index < -0.39 is 0 Å². The van der Waals surface area contributed by atoms with Crippen LogP contribution in [0.2, 0.25) is 0 Å². The van der Waals surface area contributed by atoms with Gasteiger partial charge < -0.3 is 5.32 Å². The lowest BCUT2D eigenvalue weighted by Gasteiger charge is -2.34. The highest BCUT2D eigenvalue weighted by atomic mass is 32.1. The van der Waals surface area contributed by atoms with Gasteiger partial charge >= 0.3 is 0 Å². The number of hydrogen-bond acceptors (Lipinski definition) is 2. The average Bonchev–Trinajstić information content (AvgIpc) is 2.82. The smallest absolute Gasteiger partial charge is 0.0394 e. The maximum absolute atomic E-state index is 3.83. The second-order valence-corrected chi connectivity index (χ2v) is 7.51. The highest BCUT2D eigenvalue weighted by Gasteiger charge is 2.28. The molecule has 1 aromatic carbocycles. The summed E-state index contributed by atoms with van der Waals surface area (Å²) in [7, 11) is 0. The van der Waals surface area contributed by atoms with Crippen LogP contribution < -0.4 is 5.32 Å². The maximum atomic E-state index is 3.83. The lowest BCUT2D eigenvalue weighted by Crippen LogP contribution is -2.34. The fraction of sp³-hybridized carbons (Fsp3) is 0.444. The van der Waals surface area contributed by atoms with Crippen LogP contribution >= 0.6 is 11.3 Å². The second-order valence-electron chi connectivity index (χ2n) is 6.57. The molecule has 0 aliphatic carbocycles. The van der Waals surface area contributed by atoms with E-state index in [9.17, 15) is 0 Å². The third-order valence-electron chi connectivity index (χ3n) is 3.71. The number of thiophene rings is 1. The molecule has 1 aromatic heterocycles. The summed E-state index contributed by atoms with van der Waals surface area (Å²) < 4.78 is 0. The average molecular weight is 287 g/mol. The highest BCUT2D eigenvalue weighted by molar-refractivity contribution is 7.10. The Kier molecular flexibility index (Phi) is 4.66. The molecule has 0 fully saturated rings. The van der Waals surface area contributed by atoms with Crippen LogP contribution in [0.4, 0.5) is 0 Å². The fourth-order valence-corrected chi connectivity index (χ4v) is 3.59. The fourth-order valence-electron chi connectivity index (χ4n) is 2.65. The van der Waals surface area contributed by atoms with Crippen LogP contribution in [0.15, 0.2) is 41.8 Å². The number of benzene rings is 1. The van der Waals surface area contributed by atoms with E-state index in [-0.39, 0.29) is 5.41 Å². The minimum atomic E-state index is 0.181. The van der Waals surface area contributed by atoms with Crippen LogP contribution in [0.5, 0.6) is 0 Å². The SMILES string of the molecule is Cc1ccsc1C(C)NC(c1ccccc1)C(C)(C)C. The predicted molar refractivity (Wildman–Crippen MR) is 89.2 cm³/mol. The summed E-state index contributed by atoms with van der Waals surface area (Å²) in [6.45, 7) is 11.3. The van der Waals surface area contributed by atoms with Crippen LogP contribution in [0, 0.1) is 12.3 Å². The normalized spacial score (nSPS) is 15.1. The van der Waals surface area contributed by atoms with Gasteiger partial charge in [0, 0.05) is 17.0 Å². The Morgan fingerprint density at radius 1 is 1.05 bits per heavy atom. The molecule has 1 heterocycles. The molecule has 0 saturated carbocycles. The van der Waals surface area contributed by atoms with Crippen molar-refractivity contribution in [3.05, 3.63) is 57.8 Å². The topological polar surface area (TPSA) is 12.0 Å². The van der Waals surface area contributed by atoms with Gasteiger partial charge in [0.2, 0.25) is 0 Å². The van der Waals surface area contributed by atoms with Crippen LogP contribution in [-0.2, 0) is 0 Å². The Bertz CT molecular complexity index is 536. The van der Waals surface area contributed by atoms with E-state index in [4.69, 9.17) is 0 Å². The van der Waals surface area contributed by atoms with Crippen molar-refractivity contribution in [2.24, 2.45) is 5.41 Å². The third-order valence-corrected chi connectivity index (χ3v) is 4.91. The van der Waals surface area contributed by atoms with E-state index in [0.717, 1.165) is 0 Å². The van der Waals surface area contributed by atoms with Crippen LogP contribution in [0.3, 0.4) is 0 Å². The van der Waals surface area contributed by atoms with Crippen molar-refractivity contribution in [3.8, 4) is 0 Å². The van der Waals surface area contributed by atoms with Gasteiger partial charge in [-0.05, 0) is 41.8 Å². The van der Waals surface area contributed by atoms with E-state index in [0.29, 0.717) is 12.1 Å². The minimum absolute atomic E-state index is 0.181. The lowest BCUT2D eigenvalue weighted by atomic mass is 9.82. The van der Waals surface area contributed by atoms with Crippen LogP contribution in [-0.4, -0.2) is 0 Å². The van der Waals surface area contributed by atoms with E-state index in [1.54, 1.807) is 0 Å². The quantitative estimate of drug-likeness (QED) is 0.783. The van der Waals surface area contributed by atoms with Gasteiger partial charge in [0.15, 0.2) is 0 Å². The van der Waals surface area contributed by atoms with Gasteiger partial charge in [-0.1, -0.05) is 51.1 Å². The molecular formula is C18H25NS. The van der Waals surface area contributed by atoms with Crippen molar-refractivity contribution < 1.29 is 0 Å². The molecule has 2 unspecified atom stereocenters. The van der Waals surface area contributed by atoms with Gasteiger partial charge in [-0.25, -0.2) is 0 Å². The zero-order valence-corrected chi connectivity index (χ0v) is 13.9. The molecule has 2 heteroatoms. The van der Waals surface area contributed by atoms with Crippen molar-refractivity contribution in [1.82, 2.24) is 5.32 Å². The molecule has 0 radical (unpaired) electrons. The molecule has 2 rings (SSSR count). The summed E-state index contributed by atoms with van der Waals surface area (Å²) >= 11 is 1.84. The molecule has 0 amide bonds. The molecule has 108 valence electrons. The molecule has 0 bridgehead atoms. The Labute approximate surface area is 127 Å². The highest BCUT2D eigenvalue weighted by Crippen LogP contribution is 2.36. The molecule has 2 atom stereocenters. The summed E-state index contributed by atoms with van der Waals surface area (Å²) in [5.41, 5.74) is 2.93. The third kappa shape index (κ3) is 3.50. The number of hydrogen-bond donors (Lipinski definition) is 1. The predicted octanol–water partition coefficient (Wildman–Crippen LogP) is 5.49. The summed E-state index contributed by atoms with van der Waals surface area (Å²) in [5, 5.41) is 6.00. The zero-order valence-electron chi connectivity index (χ0n) is 13.1. The van der Waals surface area contributed by atoms with Gasteiger partial charge in [-0.15, -0.1) is 11.3 Å². The van der Waals surface area contributed by atoms with E-state index in [1.165, 1.54) is 16.0 Å². The van der Waals surface area contributed by atoms with Crippen molar-refractivity contribution >= 4 is 11.3 Å². The lowest BCUT2D eigenvalue weighted by molar-refractivity contribution is 0.255. The van der Waals surface area contributed by atoms with Crippen LogP contribution in [0.1, 0.15) is 55.8 Å². The Morgan fingerprint density at radius 3 is 2.20 bits per heavy atom. The van der Waals surface area contributed by atoms with E-state index >= 15 is 0 Å². The molecule has 20 heavy (non-hydrogen) atoms. The monoisotopic (exact) mass is 287 g/mol. The number of nitrogens with one attached hydrogen (secondary N) is 1. The first kappa shape index (κ1) is 15.3. The largest absolute Gasteiger partial charge is 0.302 e. The van der Waals surface area contributed by atoms with Crippen molar-refractivity contribution in [2.75, 3.05) is 0 Å². The Morgan fingerprint density at radius 2 is 1.70 bits per heavy atom. The second kappa shape index (κ2) is 6.11. The Hall–Kier alpha value is -1.12. The van der Waals surface area contributed by atoms with E-state index in [1.807, 2.05) is 11.3 Å². The number of rotatable bonds is 4. The van der Waals surface area contributed by atoms with Gasteiger partial charge in [0.25, 0.3) is 0 Å². The zero-order chi connectivity index (χ0) is 14.8. The molecule has 0 spiro atoms. The van der Waals surface area contributed by atoms with Crippen LogP contribution in [0.25, 0.3) is 0 Å². The molecule has 0 aliphatic rings. The summed E-state index contributed by atoms with van der Waals surface area (Å²) in [4.78, 5) is 1.44. The first-order valence-corrected chi connectivity index (χ1v) is 8.12. The molecule has 1 N–H and O–H groups in total. The minimum Gasteiger partial charge on any atom is -0.302 e. The van der Waals surface area contributed by atoms with Gasteiger partial charge in [-0.2, -0.15) is 0 Å². The standard InChI is InChI=1S/C18H25NS/c1-13-11-12-20-16(13)14(2)19-17(18(3,4)5)15-9-7-6-8-10-15/h6-12,14,17,19H,1-5H3. The molecule has 0 aliphatic heterocycles. The van der Waals surface area contributed by atoms with Crippen molar-refractivity contribution in [1.29, 1.82) is 0 Å². The van der Waals surface area contributed by atoms with Gasteiger partial charge in [-0.3, -0.25) is 0 Å².